The van der Waals surface area contributed by atoms with Crippen molar-refractivity contribution in [2.24, 2.45) is 0 Å². The SMILES string of the molecule is C=C1CN(C(=O)OC(C)(C)C)[C@H](O)[C@@H]2OC(C)(C)O[C@H]12. The van der Waals surface area contributed by atoms with Gasteiger partial charge in [0.25, 0.3) is 0 Å². The Kier molecular flexibility index (Phi) is 3.60. The summed E-state index contributed by atoms with van der Waals surface area (Å²) in [6.07, 6.45) is -2.74. The van der Waals surface area contributed by atoms with E-state index in [0.717, 1.165) is 0 Å². The summed E-state index contributed by atoms with van der Waals surface area (Å²) in [7, 11) is 0. The average Bonchev–Trinajstić information content (AvgIpc) is 2.57. The third-order valence-electron chi connectivity index (χ3n) is 3.15. The summed E-state index contributed by atoms with van der Waals surface area (Å²) >= 11 is 0. The zero-order valence-electron chi connectivity index (χ0n) is 12.7. The number of hydrogen-bond acceptors (Lipinski definition) is 5. The molecule has 2 heterocycles. The van der Waals surface area contributed by atoms with Crippen molar-refractivity contribution in [3.8, 4) is 0 Å². The van der Waals surface area contributed by atoms with Crippen LogP contribution < -0.4 is 0 Å². The van der Waals surface area contributed by atoms with Gasteiger partial charge in [0.1, 0.15) is 17.8 Å². The summed E-state index contributed by atoms with van der Waals surface area (Å²) in [5, 5.41) is 10.3. The van der Waals surface area contributed by atoms with Gasteiger partial charge < -0.3 is 19.3 Å². The lowest BCUT2D eigenvalue weighted by atomic mass is 9.99. The Morgan fingerprint density at radius 1 is 1.45 bits per heavy atom. The Labute approximate surface area is 119 Å². The van der Waals surface area contributed by atoms with Crippen LogP contribution in [0, 0.1) is 0 Å². The van der Waals surface area contributed by atoms with E-state index < -0.39 is 35.9 Å². The van der Waals surface area contributed by atoms with Crippen molar-refractivity contribution >= 4 is 6.09 Å². The maximum absolute atomic E-state index is 12.1. The molecule has 0 bridgehead atoms. The fourth-order valence-electron chi connectivity index (χ4n) is 2.40. The van der Waals surface area contributed by atoms with E-state index in [0.29, 0.717) is 5.57 Å². The minimum absolute atomic E-state index is 0.191. The van der Waals surface area contributed by atoms with Crippen molar-refractivity contribution < 1.29 is 24.1 Å². The first-order chi connectivity index (χ1) is 9.00. The number of aliphatic hydroxyl groups excluding tert-OH is 1. The molecule has 6 heteroatoms. The number of rotatable bonds is 0. The van der Waals surface area contributed by atoms with Gasteiger partial charge in [-0.3, -0.25) is 4.90 Å². The fourth-order valence-corrected chi connectivity index (χ4v) is 2.40. The van der Waals surface area contributed by atoms with E-state index in [9.17, 15) is 9.90 Å². The molecule has 0 radical (unpaired) electrons. The molecule has 0 saturated carbocycles. The molecule has 0 spiro atoms. The highest BCUT2D eigenvalue weighted by molar-refractivity contribution is 5.69. The molecule has 20 heavy (non-hydrogen) atoms. The van der Waals surface area contributed by atoms with Crippen molar-refractivity contribution in [1.82, 2.24) is 4.90 Å². The lowest BCUT2D eigenvalue weighted by molar-refractivity contribution is -0.164. The van der Waals surface area contributed by atoms with Gasteiger partial charge in [0.2, 0.25) is 0 Å². The van der Waals surface area contributed by atoms with E-state index in [-0.39, 0.29) is 6.54 Å². The van der Waals surface area contributed by atoms with Crippen LogP contribution in [0.1, 0.15) is 34.6 Å². The molecule has 2 saturated heterocycles. The smallest absolute Gasteiger partial charge is 0.412 e. The molecule has 2 aliphatic rings. The minimum atomic E-state index is -1.11. The number of likely N-dealkylation sites (tertiary alicyclic amines) is 1. The molecule has 2 fully saturated rings. The van der Waals surface area contributed by atoms with E-state index in [1.807, 2.05) is 0 Å². The number of amides is 1. The quantitative estimate of drug-likeness (QED) is 0.685. The van der Waals surface area contributed by atoms with E-state index in [1.165, 1.54) is 4.90 Å². The summed E-state index contributed by atoms with van der Waals surface area (Å²) in [5.41, 5.74) is 0.0677. The van der Waals surface area contributed by atoms with E-state index in [2.05, 4.69) is 6.58 Å². The molecule has 114 valence electrons. The molecule has 0 aromatic carbocycles. The standard InChI is InChI=1S/C14H23NO5/c1-8-7-15(12(17)20-13(2,3)4)11(16)10-9(8)18-14(5,6)19-10/h9-11,16H,1,7H2,2-6H3/t9-,10-,11-/m1/s1. The van der Waals surface area contributed by atoms with Gasteiger partial charge in [-0.05, 0) is 40.2 Å². The average molecular weight is 285 g/mol. The predicted octanol–water partition coefficient (Wildman–Crippen LogP) is 1.63. The number of carbonyl (C=O) groups is 1. The van der Waals surface area contributed by atoms with Gasteiger partial charge in [-0.2, -0.15) is 0 Å². The van der Waals surface area contributed by atoms with E-state index in [4.69, 9.17) is 14.2 Å². The van der Waals surface area contributed by atoms with Gasteiger partial charge >= 0.3 is 6.09 Å². The molecular formula is C14H23NO5. The second-order valence-electron chi connectivity index (χ2n) is 6.70. The van der Waals surface area contributed by atoms with Gasteiger partial charge in [-0.15, -0.1) is 0 Å². The summed E-state index contributed by atoms with van der Waals surface area (Å²) in [5.74, 6) is -0.802. The molecule has 0 aromatic heterocycles. The van der Waals surface area contributed by atoms with Gasteiger partial charge in [-0.25, -0.2) is 4.79 Å². The maximum Gasteiger partial charge on any atom is 0.412 e. The molecule has 0 aliphatic carbocycles. The lowest BCUT2D eigenvalue weighted by Crippen LogP contribution is -2.57. The largest absolute Gasteiger partial charge is 0.444 e. The highest BCUT2D eigenvalue weighted by atomic mass is 16.8. The molecule has 2 aliphatic heterocycles. The molecule has 0 unspecified atom stereocenters. The van der Waals surface area contributed by atoms with Crippen LogP contribution in [0.25, 0.3) is 0 Å². The van der Waals surface area contributed by atoms with Crippen LogP contribution in [-0.4, -0.2) is 52.5 Å². The number of piperidine rings is 1. The van der Waals surface area contributed by atoms with Crippen LogP contribution in [0.4, 0.5) is 4.79 Å². The second-order valence-corrected chi connectivity index (χ2v) is 6.70. The van der Waals surface area contributed by atoms with Crippen LogP contribution in [0.15, 0.2) is 12.2 Å². The Balaban J connectivity index is 2.15. The third kappa shape index (κ3) is 2.97. The van der Waals surface area contributed by atoms with Crippen molar-refractivity contribution in [1.29, 1.82) is 0 Å². The van der Waals surface area contributed by atoms with Crippen LogP contribution in [-0.2, 0) is 14.2 Å². The predicted molar refractivity (Wildman–Crippen MR) is 71.9 cm³/mol. The van der Waals surface area contributed by atoms with Crippen LogP contribution in [0.2, 0.25) is 0 Å². The number of hydrogen-bond donors (Lipinski definition) is 1. The summed E-state index contributed by atoms with van der Waals surface area (Å²) in [4.78, 5) is 13.3. The van der Waals surface area contributed by atoms with E-state index in [1.54, 1.807) is 34.6 Å². The number of fused-ring (bicyclic) bond motifs is 1. The number of carbonyl (C=O) groups excluding carboxylic acids is 1. The van der Waals surface area contributed by atoms with Gasteiger partial charge in [0.05, 0.1) is 0 Å². The summed E-state index contributed by atoms with van der Waals surface area (Å²) < 4.78 is 16.7. The van der Waals surface area contributed by atoms with Crippen LogP contribution in [0.3, 0.4) is 0 Å². The monoisotopic (exact) mass is 285 g/mol. The first kappa shape index (κ1) is 15.3. The molecule has 1 N–H and O–H groups in total. The molecule has 3 atom stereocenters. The zero-order valence-corrected chi connectivity index (χ0v) is 12.7. The molecule has 6 nitrogen and oxygen atoms in total. The highest BCUT2D eigenvalue weighted by Gasteiger charge is 2.52. The Bertz CT molecular complexity index is 426. The van der Waals surface area contributed by atoms with Crippen molar-refractivity contribution in [3.63, 3.8) is 0 Å². The van der Waals surface area contributed by atoms with Crippen molar-refractivity contribution in [2.45, 2.75) is 64.4 Å². The number of ether oxygens (including phenoxy) is 3. The van der Waals surface area contributed by atoms with Gasteiger partial charge in [0, 0.05) is 6.54 Å². The Morgan fingerprint density at radius 2 is 2.05 bits per heavy atom. The zero-order chi connectivity index (χ0) is 15.3. The Hall–Kier alpha value is -1.11. The van der Waals surface area contributed by atoms with Crippen LogP contribution >= 0.6 is 0 Å². The topological polar surface area (TPSA) is 68.2 Å². The normalized spacial score (nSPS) is 33.0. The van der Waals surface area contributed by atoms with Crippen molar-refractivity contribution in [3.05, 3.63) is 12.2 Å². The first-order valence-corrected chi connectivity index (χ1v) is 6.71. The summed E-state index contributed by atoms with van der Waals surface area (Å²) in [6.45, 7) is 13.0. The number of nitrogens with zero attached hydrogens (tertiary/aromatic N) is 1. The second kappa shape index (κ2) is 4.72. The van der Waals surface area contributed by atoms with Crippen molar-refractivity contribution in [2.75, 3.05) is 6.54 Å². The van der Waals surface area contributed by atoms with E-state index >= 15 is 0 Å². The Morgan fingerprint density at radius 3 is 2.60 bits per heavy atom. The molecular weight excluding hydrogens is 262 g/mol. The molecule has 2 rings (SSSR count). The number of aliphatic hydroxyl groups is 1. The lowest BCUT2D eigenvalue weighted by Gasteiger charge is -2.39. The molecule has 0 aromatic rings. The summed E-state index contributed by atoms with van der Waals surface area (Å²) in [6, 6.07) is 0. The van der Waals surface area contributed by atoms with Crippen LogP contribution in [0.5, 0.6) is 0 Å². The van der Waals surface area contributed by atoms with Gasteiger partial charge in [-0.1, -0.05) is 6.58 Å². The fraction of sp³-hybridized carbons (Fsp3) is 0.786. The van der Waals surface area contributed by atoms with Gasteiger partial charge in [0.15, 0.2) is 12.0 Å². The first-order valence-electron chi connectivity index (χ1n) is 6.71. The minimum Gasteiger partial charge on any atom is -0.444 e. The maximum atomic E-state index is 12.1. The molecule has 1 amide bonds. The third-order valence-corrected chi connectivity index (χ3v) is 3.15. The highest BCUT2D eigenvalue weighted by Crippen LogP contribution is 2.37.